The number of rotatable bonds is 4. The molecule has 1 aromatic heterocycles. The van der Waals surface area contributed by atoms with E-state index < -0.39 is 10.0 Å². The van der Waals surface area contributed by atoms with E-state index in [1.807, 2.05) is 6.92 Å². The van der Waals surface area contributed by atoms with Gasteiger partial charge in [-0.1, -0.05) is 0 Å². The van der Waals surface area contributed by atoms with Gasteiger partial charge in [-0.25, -0.2) is 18.1 Å². The number of nitrogens with one attached hydrogen (secondary N) is 2. The lowest BCUT2D eigenvalue weighted by Crippen LogP contribution is -2.34. The molecular weight excluding hydrogens is 302 g/mol. The van der Waals surface area contributed by atoms with Gasteiger partial charge in [-0.2, -0.15) is 0 Å². The number of sulfonamides is 1. The smallest absolute Gasteiger partial charge is 0.258 e. The Balaban J connectivity index is 1.78. The summed E-state index contributed by atoms with van der Waals surface area (Å²) in [6.45, 7) is 1.88. The van der Waals surface area contributed by atoms with Crippen molar-refractivity contribution in [3.8, 4) is 0 Å². The maximum absolute atomic E-state index is 12.4. The zero-order valence-corrected chi connectivity index (χ0v) is 13.0. The normalized spacial score (nSPS) is 20.2. The lowest BCUT2D eigenvalue weighted by molar-refractivity contribution is 0.558. The van der Waals surface area contributed by atoms with E-state index in [0.717, 1.165) is 25.7 Å². The Morgan fingerprint density at radius 1 is 1.32 bits per heavy atom. The molecule has 2 aliphatic rings. The maximum Gasteiger partial charge on any atom is 0.258 e. The van der Waals surface area contributed by atoms with Crippen LogP contribution < -0.4 is 10.3 Å². The first kappa shape index (κ1) is 13.9. The quantitative estimate of drug-likeness (QED) is 0.896. The van der Waals surface area contributed by atoms with Crippen molar-refractivity contribution in [1.29, 1.82) is 0 Å². The molecule has 7 heteroatoms. The third kappa shape index (κ3) is 2.44. The largest absolute Gasteiger partial charge is 0.310 e. The Hall–Kier alpha value is -1.73. The van der Waals surface area contributed by atoms with Crippen molar-refractivity contribution >= 4 is 20.9 Å². The van der Waals surface area contributed by atoms with Crippen molar-refractivity contribution < 1.29 is 8.42 Å². The van der Waals surface area contributed by atoms with E-state index >= 15 is 0 Å². The first-order valence-corrected chi connectivity index (χ1v) is 8.93. The molecule has 0 unspecified atom stereocenters. The van der Waals surface area contributed by atoms with Crippen LogP contribution in [-0.2, 0) is 10.0 Å². The predicted molar refractivity (Wildman–Crippen MR) is 82.3 cm³/mol. The number of fused-ring (bicyclic) bond motifs is 1. The summed E-state index contributed by atoms with van der Waals surface area (Å²) in [5.41, 5.74) is -0.0716. The van der Waals surface area contributed by atoms with E-state index in [1.54, 1.807) is 6.07 Å². The predicted octanol–water partition coefficient (Wildman–Crippen LogP) is 1.63. The van der Waals surface area contributed by atoms with Crippen LogP contribution in [0.5, 0.6) is 0 Å². The van der Waals surface area contributed by atoms with Crippen LogP contribution in [0.4, 0.5) is 0 Å². The van der Waals surface area contributed by atoms with Crippen molar-refractivity contribution in [3.05, 3.63) is 34.4 Å². The molecule has 2 N–H and O–H groups in total. The van der Waals surface area contributed by atoms with E-state index in [9.17, 15) is 13.2 Å². The van der Waals surface area contributed by atoms with Crippen molar-refractivity contribution in [2.45, 2.75) is 49.0 Å². The zero-order chi connectivity index (χ0) is 15.5. The molecule has 2 fully saturated rings. The monoisotopic (exact) mass is 319 g/mol. The van der Waals surface area contributed by atoms with E-state index in [1.165, 1.54) is 12.1 Å². The minimum Gasteiger partial charge on any atom is -0.310 e. The second-order valence-electron chi connectivity index (χ2n) is 6.57. The SMILES string of the molecule is CC1(NS(=O)(=O)c2ccc3nc(C4CC4)[nH]c(=O)c3c2)CC1. The number of H-pyrrole nitrogens is 1. The lowest BCUT2D eigenvalue weighted by atomic mass is 10.2. The van der Waals surface area contributed by atoms with Crippen LogP contribution in [0.3, 0.4) is 0 Å². The van der Waals surface area contributed by atoms with E-state index in [0.29, 0.717) is 22.6 Å². The first-order valence-electron chi connectivity index (χ1n) is 7.44. The molecule has 0 aliphatic heterocycles. The number of benzene rings is 1. The summed E-state index contributed by atoms with van der Waals surface area (Å²) in [5, 5.41) is 0.313. The number of nitrogens with zero attached hydrogens (tertiary/aromatic N) is 1. The highest BCUT2D eigenvalue weighted by atomic mass is 32.2. The Labute approximate surface area is 128 Å². The number of aromatic amines is 1. The lowest BCUT2D eigenvalue weighted by Gasteiger charge is -2.12. The van der Waals surface area contributed by atoms with Gasteiger partial charge in [0.15, 0.2) is 0 Å². The summed E-state index contributed by atoms with van der Waals surface area (Å²) in [5.74, 6) is 1.05. The number of hydrogen-bond acceptors (Lipinski definition) is 4. The molecule has 116 valence electrons. The van der Waals surface area contributed by atoms with Gasteiger partial charge in [-0.3, -0.25) is 4.79 Å². The summed E-state index contributed by atoms with van der Waals surface area (Å²) >= 11 is 0. The van der Waals surface area contributed by atoms with E-state index in [4.69, 9.17) is 0 Å². The number of aromatic nitrogens is 2. The van der Waals surface area contributed by atoms with Crippen LogP contribution in [0.2, 0.25) is 0 Å². The first-order chi connectivity index (χ1) is 10.4. The van der Waals surface area contributed by atoms with Gasteiger partial charge in [0.25, 0.3) is 5.56 Å². The molecule has 2 aromatic rings. The highest BCUT2D eigenvalue weighted by molar-refractivity contribution is 7.89. The second-order valence-corrected chi connectivity index (χ2v) is 8.25. The molecule has 1 heterocycles. The minimum absolute atomic E-state index is 0.111. The van der Waals surface area contributed by atoms with Crippen molar-refractivity contribution in [2.24, 2.45) is 0 Å². The van der Waals surface area contributed by atoms with Crippen LogP contribution in [0.15, 0.2) is 27.9 Å². The summed E-state index contributed by atoms with van der Waals surface area (Å²) < 4.78 is 27.5. The molecule has 0 saturated heterocycles. The Morgan fingerprint density at radius 2 is 2.05 bits per heavy atom. The van der Waals surface area contributed by atoms with Crippen molar-refractivity contribution in [2.75, 3.05) is 0 Å². The van der Waals surface area contributed by atoms with E-state index in [-0.39, 0.29) is 16.0 Å². The number of hydrogen-bond donors (Lipinski definition) is 2. The van der Waals surface area contributed by atoms with Gasteiger partial charge in [0.05, 0.1) is 15.8 Å². The van der Waals surface area contributed by atoms with Gasteiger partial charge in [0.2, 0.25) is 10.0 Å². The van der Waals surface area contributed by atoms with Gasteiger partial charge in [-0.05, 0) is 50.8 Å². The van der Waals surface area contributed by atoms with Crippen molar-refractivity contribution in [3.63, 3.8) is 0 Å². The van der Waals surface area contributed by atoms with Gasteiger partial charge in [0.1, 0.15) is 5.82 Å². The van der Waals surface area contributed by atoms with Crippen LogP contribution in [-0.4, -0.2) is 23.9 Å². The molecule has 2 aliphatic carbocycles. The van der Waals surface area contributed by atoms with Gasteiger partial charge in [-0.15, -0.1) is 0 Å². The third-order valence-electron chi connectivity index (χ3n) is 4.35. The molecule has 0 bridgehead atoms. The van der Waals surface area contributed by atoms with Gasteiger partial charge >= 0.3 is 0 Å². The summed E-state index contributed by atoms with van der Waals surface area (Å²) in [6, 6.07) is 4.53. The van der Waals surface area contributed by atoms with Crippen LogP contribution >= 0.6 is 0 Å². The third-order valence-corrected chi connectivity index (χ3v) is 5.99. The molecule has 1 aromatic carbocycles. The van der Waals surface area contributed by atoms with Crippen LogP contribution in [0, 0.1) is 0 Å². The fraction of sp³-hybridized carbons (Fsp3) is 0.467. The molecule has 6 nitrogen and oxygen atoms in total. The Morgan fingerprint density at radius 3 is 2.68 bits per heavy atom. The van der Waals surface area contributed by atoms with E-state index in [2.05, 4.69) is 14.7 Å². The van der Waals surface area contributed by atoms with Gasteiger partial charge in [0, 0.05) is 11.5 Å². The Bertz CT molecular complexity index is 925. The molecule has 22 heavy (non-hydrogen) atoms. The van der Waals surface area contributed by atoms with Crippen molar-refractivity contribution in [1.82, 2.24) is 14.7 Å². The van der Waals surface area contributed by atoms with Crippen LogP contribution in [0.1, 0.15) is 44.3 Å². The molecule has 2 saturated carbocycles. The second kappa shape index (κ2) is 4.39. The fourth-order valence-corrected chi connectivity index (χ4v) is 4.02. The summed E-state index contributed by atoms with van der Waals surface area (Å²) in [4.78, 5) is 19.5. The molecule has 4 rings (SSSR count). The summed E-state index contributed by atoms with van der Waals surface area (Å²) in [7, 11) is -3.61. The Kier molecular flexibility index (Phi) is 2.77. The minimum atomic E-state index is -3.61. The standard InChI is InChI=1S/C15H17N3O3S/c1-15(6-7-15)18-22(20,21)10-4-5-12-11(8-10)14(19)17-13(16-12)9-2-3-9/h4-5,8-9,18H,2-3,6-7H2,1H3,(H,16,17,19). The topological polar surface area (TPSA) is 91.9 Å². The average molecular weight is 319 g/mol. The highest BCUT2D eigenvalue weighted by Crippen LogP contribution is 2.38. The summed E-state index contributed by atoms with van der Waals surface area (Å²) in [6.07, 6.45) is 3.77. The van der Waals surface area contributed by atoms with Crippen LogP contribution in [0.25, 0.3) is 10.9 Å². The molecule has 0 atom stereocenters. The highest BCUT2D eigenvalue weighted by Gasteiger charge is 2.41. The zero-order valence-electron chi connectivity index (χ0n) is 12.2. The molecule has 0 spiro atoms. The molecular formula is C15H17N3O3S. The maximum atomic E-state index is 12.4. The fourth-order valence-electron chi connectivity index (χ4n) is 2.53. The van der Waals surface area contributed by atoms with Gasteiger partial charge < -0.3 is 4.98 Å². The average Bonchev–Trinajstić information content (AvgIpc) is 3.35. The molecule has 0 radical (unpaired) electrons. The molecule has 0 amide bonds.